The van der Waals surface area contributed by atoms with Gasteiger partial charge in [-0.3, -0.25) is 4.79 Å². The third-order valence-corrected chi connectivity index (χ3v) is 1.34. The van der Waals surface area contributed by atoms with E-state index in [9.17, 15) is 4.79 Å². The van der Waals surface area contributed by atoms with E-state index in [0.717, 1.165) is 0 Å². The molecule has 1 rings (SSSR count). The predicted molar refractivity (Wildman–Crippen MR) is 64.7 cm³/mol. The Morgan fingerprint density at radius 3 is 2.00 bits per heavy atom. The SMILES string of the molecule is CC.CC(=O)c1ccccc1N.[C-]#[N+]C. The van der Waals surface area contributed by atoms with Crippen molar-refractivity contribution >= 4 is 11.5 Å². The van der Waals surface area contributed by atoms with Gasteiger partial charge in [0.15, 0.2) is 5.78 Å². The Morgan fingerprint density at radius 1 is 1.33 bits per heavy atom. The van der Waals surface area contributed by atoms with Crippen LogP contribution in [-0.4, -0.2) is 12.8 Å². The number of nitrogens with zero attached hydrogens (tertiary/aromatic N) is 1. The molecule has 3 heteroatoms. The van der Waals surface area contributed by atoms with Crippen molar-refractivity contribution in [3.05, 3.63) is 41.2 Å². The molecule has 0 spiro atoms. The number of Topliss-reactive ketones (excluding diaryl/α,β-unsaturated/α-hetero) is 1. The van der Waals surface area contributed by atoms with Gasteiger partial charge < -0.3 is 10.6 Å². The van der Waals surface area contributed by atoms with Gasteiger partial charge in [-0.25, -0.2) is 6.57 Å². The fourth-order valence-electron chi connectivity index (χ4n) is 0.818. The van der Waals surface area contributed by atoms with Crippen LogP contribution in [0.1, 0.15) is 31.1 Å². The molecule has 0 amide bonds. The summed E-state index contributed by atoms with van der Waals surface area (Å²) in [6, 6.07) is 7.04. The minimum Gasteiger partial charge on any atom is -0.398 e. The average Bonchev–Trinajstić information content (AvgIpc) is 2.22. The second-order valence-electron chi connectivity index (χ2n) is 2.37. The molecule has 0 aromatic heterocycles. The summed E-state index contributed by atoms with van der Waals surface area (Å²) >= 11 is 0. The van der Waals surface area contributed by atoms with Crippen LogP contribution in [0.15, 0.2) is 24.3 Å². The number of anilines is 1. The van der Waals surface area contributed by atoms with E-state index in [4.69, 9.17) is 12.3 Å². The molecule has 1 aromatic carbocycles. The Morgan fingerprint density at radius 2 is 1.73 bits per heavy atom. The summed E-state index contributed by atoms with van der Waals surface area (Å²) in [5.74, 6) is 0.0121. The molecule has 1 aromatic rings. The van der Waals surface area contributed by atoms with Gasteiger partial charge in [0.1, 0.15) is 0 Å². The number of carbonyl (C=O) groups excluding carboxylic acids is 1. The molecule has 0 aliphatic carbocycles. The third-order valence-electron chi connectivity index (χ3n) is 1.34. The van der Waals surface area contributed by atoms with Crippen LogP contribution in [0.5, 0.6) is 0 Å². The molecule has 0 bridgehead atoms. The van der Waals surface area contributed by atoms with Crippen LogP contribution in [0.25, 0.3) is 4.85 Å². The van der Waals surface area contributed by atoms with E-state index in [1.54, 1.807) is 18.2 Å². The maximum absolute atomic E-state index is 10.8. The molecule has 82 valence electrons. The van der Waals surface area contributed by atoms with Crippen LogP contribution in [0.2, 0.25) is 0 Å². The first-order valence-electron chi connectivity index (χ1n) is 4.74. The summed E-state index contributed by atoms with van der Waals surface area (Å²) in [5.41, 5.74) is 6.65. The number of hydrogen-bond acceptors (Lipinski definition) is 2. The van der Waals surface area contributed by atoms with Gasteiger partial charge in [0.05, 0.1) is 0 Å². The zero-order valence-corrected chi connectivity index (χ0v) is 9.74. The van der Waals surface area contributed by atoms with Gasteiger partial charge in [-0.1, -0.05) is 26.0 Å². The number of carbonyl (C=O) groups is 1. The second-order valence-corrected chi connectivity index (χ2v) is 2.37. The quantitative estimate of drug-likeness (QED) is 0.436. The summed E-state index contributed by atoms with van der Waals surface area (Å²) in [5, 5.41) is 0. The standard InChI is InChI=1S/C8H9NO.C2H3N.C2H6/c1-6(10)7-4-2-3-5-8(7)9;1-3-2;1-2/h2-5H,9H2,1H3;1H3;1-2H3. The smallest absolute Gasteiger partial charge is 0.205 e. The van der Waals surface area contributed by atoms with Crippen molar-refractivity contribution in [2.24, 2.45) is 0 Å². The Balaban J connectivity index is 0. The minimum absolute atomic E-state index is 0.0121. The van der Waals surface area contributed by atoms with Crippen molar-refractivity contribution in [1.82, 2.24) is 0 Å². The Bertz CT molecular complexity index is 327. The summed E-state index contributed by atoms with van der Waals surface area (Å²) in [4.78, 5) is 13.5. The van der Waals surface area contributed by atoms with Crippen molar-refractivity contribution in [2.75, 3.05) is 12.8 Å². The molecule has 0 saturated carbocycles. The van der Waals surface area contributed by atoms with Gasteiger partial charge in [0.25, 0.3) is 0 Å². The van der Waals surface area contributed by atoms with Crippen molar-refractivity contribution < 1.29 is 4.79 Å². The van der Waals surface area contributed by atoms with E-state index < -0.39 is 0 Å². The first kappa shape index (κ1) is 15.6. The number of ketones is 1. The molecule has 0 fully saturated rings. The van der Waals surface area contributed by atoms with Gasteiger partial charge in [0, 0.05) is 11.3 Å². The fourth-order valence-corrected chi connectivity index (χ4v) is 0.818. The highest BCUT2D eigenvalue weighted by Gasteiger charge is 2.00. The van der Waals surface area contributed by atoms with Crippen LogP contribution in [0.3, 0.4) is 0 Å². The number of benzene rings is 1. The number of nitrogen functional groups attached to an aromatic ring is 1. The summed E-state index contributed by atoms with van der Waals surface area (Å²) < 4.78 is 0. The molecule has 0 saturated heterocycles. The number of nitrogens with two attached hydrogens (primary N) is 1. The lowest BCUT2D eigenvalue weighted by molar-refractivity contribution is 0.101. The molecule has 0 unspecified atom stereocenters. The van der Waals surface area contributed by atoms with Gasteiger partial charge in [-0.2, -0.15) is 0 Å². The van der Waals surface area contributed by atoms with Gasteiger partial charge in [0.2, 0.25) is 7.05 Å². The molecule has 3 nitrogen and oxygen atoms in total. The summed E-state index contributed by atoms with van der Waals surface area (Å²) in [7, 11) is 1.42. The zero-order chi connectivity index (χ0) is 12.3. The number of para-hydroxylation sites is 1. The zero-order valence-electron chi connectivity index (χ0n) is 9.74. The van der Waals surface area contributed by atoms with E-state index in [-0.39, 0.29) is 5.78 Å². The normalized spacial score (nSPS) is 7.13. The van der Waals surface area contributed by atoms with Crippen molar-refractivity contribution in [3.8, 4) is 0 Å². The highest BCUT2D eigenvalue weighted by Crippen LogP contribution is 2.09. The predicted octanol–water partition coefficient (Wildman–Crippen LogP) is 3.03. The van der Waals surface area contributed by atoms with Crippen LogP contribution in [0, 0.1) is 6.57 Å². The molecule has 0 aliphatic rings. The molecule has 2 N–H and O–H groups in total. The highest BCUT2D eigenvalue weighted by atomic mass is 16.1. The Kier molecular flexibility index (Phi) is 10.7. The van der Waals surface area contributed by atoms with E-state index >= 15 is 0 Å². The van der Waals surface area contributed by atoms with Crippen LogP contribution < -0.4 is 5.73 Å². The third kappa shape index (κ3) is 7.27. The van der Waals surface area contributed by atoms with Crippen LogP contribution in [-0.2, 0) is 0 Å². The van der Waals surface area contributed by atoms with Crippen molar-refractivity contribution in [2.45, 2.75) is 20.8 Å². The van der Waals surface area contributed by atoms with E-state index in [2.05, 4.69) is 4.85 Å². The van der Waals surface area contributed by atoms with Crippen LogP contribution in [0.4, 0.5) is 5.69 Å². The lowest BCUT2D eigenvalue weighted by Crippen LogP contribution is -1.97. The lowest BCUT2D eigenvalue weighted by atomic mass is 10.1. The van der Waals surface area contributed by atoms with Crippen molar-refractivity contribution in [3.63, 3.8) is 0 Å². The summed E-state index contributed by atoms with van der Waals surface area (Å²) in [6.45, 7) is 11.3. The molecular formula is C12H18N2O. The molecular weight excluding hydrogens is 188 g/mol. The highest BCUT2D eigenvalue weighted by molar-refractivity contribution is 5.98. The minimum atomic E-state index is 0.0121. The number of rotatable bonds is 1. The van der Waals surface area contributed by atoms with Gasteiger partial charge in [-0.15, -0.1) is 0 Å². The monoisotopic (exact) mass is 206 g/mol. The second kappa shape index (κ2) is 10.3. The Hall–Kier alpha value is -1.82. The van der Waals surface area contributed by atoms with E-state index in [1.807, 2.05) is 19.9 Å². The average molecular weight is 206 g/mol. The van der Waals surface area contributed by atoms with Gasteiger partial charge >= 0.3 is 0 Å². The van der Waals surface area contributed by atoms with E-state index in [1.165, 1.54) is 14.0 Å². The molecule has 0 heterocycles. The maximum atomic E-state index is 10.8. The largest absolute Gasteiger partial charge is 0.398 e. The lowest BCUT2D eigenvalue weighted by Gasteiger charge is -1.97. The topological polar surface area (TPSA) is 47.5 Å². The first-order valence-corrected chi connectivity index (χ1v) is 4.74. The fraction of sp³-hybridized carbons (Fsp3) is 0.333. The summed E-state index contributed by atoms with van der Waals surface area (Å²) in [6.07, 6.45) is 0. The first-order chi connectivity index (χ1) is 7.13. The van der Waals surface area contributed by atoms with Gasteiger partial charge in [-0.05, 0) is 19.1 Å². The molecule has 15 heavy (non-hydrogen) atoms. The Labute approximate surface area is 91.7 Å². The number of hydrogen-bond donors (Lipinski definition) is 1. The molecule has 0 radical (unpaired) electrons. The maximum Gasteiger partial charge on any atom is 0.205 e. The van der Waals surface area contributed by atoms with E-state index in [0.29, 0.717) is 11.3 Å². The molecule has 0 aliphatic heterocycles. The van der Waals surface area contributed by atoms with Crippen LogP contribution >= 0.6 is 0 Å². The van der Waals surface area contributed by atoms with Crippen molar-refractivity contribution in [1.29, 1.82) is 0 Å². The molecule has 0 atom stereocenters.